The van der Waals surface area contributed by atoms with Crippen molar-refractivity contribution in [1.29, 1.82) is 0 Å². The summed E-state index contributed by atoms with van der Waals surface area (Å²) < 4.78 is 0. The standard InChI is InChI=1S/C16H13Cl2NO2/c1-16-9-6-5-8(7-9)12(16)14(20)19(15(16)21)11-4-2-3-10(17)13(11)18/h2-6,8-9,12H,7H2,1H3/t8-,9-,12+,16+/m0/s1. The van der Waals surface area contributed by atoms with E-state index >= 15 is 0 Å². The molecule has 1 aromatic carbocycles. The first-order chi connectivity index (χ1) is 9.96. The molecule has 2 fully saturated rings. The average molecular weight is 322 g/mol. The van der Waals surface area contributed by atoms with E-state index in [0.717, 1.165) is 6.42 Å². The van der Waals surface area contributed by atoms with Gasteiger partial charge in [0.15, 0.2) is 0 Å². The maximum atomic E-state index is 12.9. The molecule has 0 aromatic heterocycles. The van der Waals surface area contributed by atoms with Crippen LogP contribution in [-0.2, 0) is 9.59 Å². The smallest absolute Gasteiger partial charge is 0.241 e. The Labute approximate surface area is 132 Å². The van der Waals surface area contributed by atoms with E-state index in [1.165, 1.54) is 4.90 Å². The van der Waals surface area contributed by atoms with E-state index in [9.17, 15) is 9.59 Å². The first-order valence-electron chi connectivity index (χ1n) is 6.97. The molecule has 0 unspecified atom stereocenters. The molecule has 5 heteroatoms. The summed E-state index contributed by atoms with van der Waals surface area (Å²) in [7, 11) is 0. The fraction of sp³-hybridized carbons (Fsp3) is 0.375. The topological polar surface area (TPSA) is 37.4 Å². The van der Waals surface area contributed by atoms with Crippen LogP contribution >= 0.6 is 23.2 Å². The first kappa shape index (κ1) is 13.4. The molecule has 4 atom stereocenters. The summed E-state index contributed by atoms with van der Waals surface area (Å²) in [5.41, 5.74) is -0.239. The highest BCUT2D eigenvalue weighted by Gasteiger charge is 2.67. The summed E-state index contributed by atoms with van der Waals surface area (Å²) >= 11 is 12.2. The number of rotatable bonds is 1. The lowest BCUT2D eigenvalue weighted by Gasteiger charge is -2.28. The van der Waals surface area contributed by atoms with Crippen LogP contribution in [0.2, 0.25) is 10.0 Å². The molecule has 3 aliphatic rings. The van der Waals surface area contributed by atoms with Crippen LogP contribution in [0.3, 0.4) is 0 Å². The zero-order chi connectivity index (χ0) is 14.9. The lowest BCUT2D eigenvalue weighted by atomic mass is 9.71. The zero-order valence-corrected chi connectivity index (χ0v) is 12.9. The Balaban J connectivity index is 1.85. The Morgan fingerprint density at radius 3 is 2.71 bits per heavy atom. The monoisotopic (exact) mass is 321 g/mol. The van der Waals surface area contributed by atoms with Gasteiger partial charge in [0.05, 0.1) is 27.1 Å². The van der Waals surface area contributed by atoms with Gasteiger partial charge in [-0.3, -0.25) is 9.59 Å². The molecule has 1 saturated heterocycles. The number of anilines is 1. The summed E-state index contributed by atoms with van der Waals surface area (Å²) in [5.74, 6) is -0.261. The number of nitrogens with zero attached hydrogens (tertiary/aromatic N) is 1. The fourth-order valence-corrected chi connectivity index (χ4v) is 4.58. The molecule has 0 N–H and O–H groups in total. The molecular weight excluding hydrogens is 309 g/mol. The van der Waals surface area contributed by atoms with Gasteiger partial charge in [0.1, 0.15) is 0 Å². The van der Waals surface area contributed by atoms with Crippen LogP contribution in [0.25, 0.3) is 0 Å². The lowest BCUT2D eigenvalue weighted by Crippen LogP contribution is -2.37. The molecule has 1 aromatic rings. The van der Waals surface area contributed by atoms with Gasteiger partial charge < -0.3 is 0 Å². The number of halogens is 2. The predicted molar refractivity (Wildman–Crippen MR) is 81.3 cm³/mol. The number of amides is 2. The van der Waals surface area contributed by atoms with Crippen LogP contribution in [0.1, 0.15) is 13.3 Å². The van der Waals surface area contributed by atoms with Crippen LogP contribution in [0, 0.1) is 23.2 Å². The largest absolute Gasteiger partial charge is 0.274 e. The Morgan fingerprint density at radius 1 is 1.24 bits per heavy atom. The Morgan fingerprint density at radius 2 is 2.00 bits per heavy atom. The Kier molecular flexibility index (Phi) is 2.61. The van der Waals surface area contributed by atoms with Gasteiger partial charge in [0, 0.05) is 0 Å². The molecule has 1 aliphatic heterocycles. The number of carbonyl (C=O) groups is 2. The summed E-state index contributed by atoms with van der Waals surface area (Å²) in [5, 5.41) is 0.600. The number of hydrogen-bond donors (Lipinski definition) is 0. The van der Waals surface area contributed by atoms with Gasteiger partial charge in [-0.15, -0.1) is 0 Å². The Bertz CT molecular complexity index is 714. The number of carbonyl (C=O) groups excluding carboxylic acids is 2. The lowest BCUT2D eigenvalue weighted by molar-refractivity contribution is -0.127. The normalized spacial score (nSPS) is 36.7. The molecule has 108 valence electrons. The summed E-state index contributed by atoms with van der Waals surface area (Å²) in [4.78, 5) is 27.0. The molecule has 2 bridgehead atoms. The number of imide groups is 1. The zero-order valence-electron chi connectivity index (χ0n) is 11.3. The van der Waals surface area contributed by atoms with Gasteiger partial charge in [0.25, 0.3) is 0 Å². The maximum absolute atomic E-state index is 12.9. The van der Waals surface area contributed by atoms with Crippen molar-refractivity contribution >= 4 is 40.7 Å². The highest BCUT2D eigenvalue weighted by molar-refractivity contribution is 6.45. The van der Waals surface area contributed by atoms with Crippen LogP contribution in [0.15, 0.2) is 30.4 Å². The van der Waals surface area contributed by atoms with E-state index in [2.05, 4.69) is 12.2 Å². The fourth-order valence-electron chi connectivity index (χ4n) is 4.20. The summed E-state index contributed by atoms with van der Waals surface area (Å²) in [6, 6.07) is 5.02. The van der Waals surface area contributed by atoms with E-state index in [4.69, 9.17) is 23.2 Å². The molecule has 2 amide bonds. The third-order valence-electron chi connectivity index (χ3n) is 5.28. The second-order valence-electron chi connectivity index (χ2n) is 6.20. The predicted octanol–water partition coefficient (Wildman–Crippen LogP) is 3.70. The maximum Gasteiger partial charge on any atom is 0.241 e. The van der Waals surface area contributed by atoms with Crippen LogP contribution in [-0.4, -0.2) is 11.8 Å². The minimum atomic E-state index is -0.637. The third kappa shape index (κ3) is 1.46. The second-order valence-corrected chi connectivity index (χ2v) is 6.99. The molecule has 0 radical (unpaired) electrons. The van der Waals surface area contributed by atoms with Crippen molar-refractivity contribution < 1.29 is 9.59 Å². The van der Waals surface area contributed by atoms with E-state index in [-0.39, 0.29) is 34.6 Å². The second kappa shape index (κ2) is 4.11. The molecule has 21 heavy (non-hydrogen) atoms. The number of benzene rings is 1. The number of hydrogen-bond acceptors (Lipinski definition) is 2. The SMILES string of the molecule is C[C@]12C(=O)N(c3cccc(Cl)c3Cl)C(=O)[C@H]1[C@H]1C=C[C@H]2C1. The quantitative estimate of drug-likeness (QED) is 0.584. The van der Waals surface area contributed by atoms with Crippen molar-refractivity contribution in [2.24, 2.45) is 23.2 Å². The number of fused-ring (bicyclic) bond motifs is 5. The summed E-state index contributed by atoms with van der Waals surface area (Å²) in [6.07, 6.45) is 5.05. The van der Waals surface area contributed by atoms with E-state index in [1.54, 1.807) is 18.2 Å². The Hall–Kier alpha value is -1.32. The van der Waals surface area contributed by atoms with Crippen molar-refractivity contribution in [3.05, 3.63) is 40.4 Å². The van der Waals surface area contributed by atoms with Gasteiger partial charge >= 0.3 is 0 Å². The molecule has 2 aliphatic carbocycles. The molecule has 4 rings (SSSR count). The minimum absolute atomic E-state index is 0.145. The van der Waals surface area contributed by atoms with Crippen molar-refractivity contribution in [2.45, 2.75) is 13.3 Å². The van der Waals surface area contributed by atoms with E-state index in [1.807, 2.05) is 6.92 Å². The van der Waals surface area contributed by atoms with Crippen LogP contribution in [0.4, 0.5) is 5.69 Å². The van der Waals surface area contributed by atoms with Crippen LogP contribution < -0.4 is 4.90 Å². The van der Waals surface area contributed by atoms with Crippen molar-refractivity contribution in [2.75, 3.05) is 4.90 Å². The van der Waals surface area contributed by atoms with Crippen molar-refractivity contribution in [1.82, 2.24) is 0 Å². The van der Waals surface area contributed by atoms with Crippen molar-refractivity contribution in [3.63, 3.8) is 0 Å². The molecule has 1 heterocycles. The van der Waals surface area contributed by atoms with Crippen LogP contribution in [0.5, 0.6) is 0 Å². The third-order valence-corrected chi connectivity index (χ3v) is 6.09. The van der Waals surface area contributed by atoms with E-state index in [0.29, 0.717) is 10.7 Å². The summed E-state index contributed by atoms with van der Waals surface area (Å²) in [6.45, 7) is 1.91. The number of allylic oxidation sites excluding steroid dienone is 2. The van der Waals surface area contributed by atoms with Gasteiger partial charge in [-0.05, 0) is 37.3 Å². The van der Waals surface area contributed by atoms with Gasteiger partial charge in [0.2, 0.25) is 11.8 Å². The van der Waals surface area contributed by atoms with Gasteiger partial charge in [-0.1, -0.05) is 41.4 Å². The highest BCUT2D eigenvalue weighted by Crippen LogP contribution is 2.61. The van der Waals surface area contributed by atoms with Gasteiger partial charge in [-0.2, -0.15) is 0 Å². The van der Waals surface area contributed by atoms with E-state index < -0.39 is 5.41 Å². The molecule has 1 saturated carbocycles. The minimum Gasteiger partial charge on any atom is -0.274 e. The highest BCUT2D eigenvalue weighted by atomic mass is 35.5. The van der Waals surface area contributed by atoms with Crippen molar-refractivity contribution in [3.8, 4) is 0 Å². The molecule has 0 spiro atoms. The molecule has 3 nitrogen and oxygen atoms in total. The molecular formula is C16H13Cl2NO2. The first-order valence-corrected chi connectivity index (χ1v) is 7.72. The van der Waals surface area contributed by atoms with Gasteiger partial charge in [-0.25, -0.2) is 4.90 Å². The average Bonchev–Trinajstić information content (AvgIpc) is 3.07.